The Morgan fingerprint density at radius 2 is 0.897 bits per heavy atom. The van der Waals surface area contributed by atoms with E-state index in [1.54, 1.807) is 0 Å². The molecule has 3 heteroatoms. The van der Waals surface area contributed by atoms with Crippen molar-refractivity contribution in [3.8, 4) is 50.3 Å². The molecule has 0 aliphatic heterocycles. The molecular weight excluding hydrogens is 510 g/mol. The van der Waals surface area contributed by atoms with Crippen LogP contribution in [0.15, 0.2) is 152 Å². The van der Waals surface area contributed by atoms with Gasteiger partial charge in [-0.2, -0.15) is 0 Å². The molecule has 0 saturated heterocycles. The van der Waals surface area contributed by atoms with Gasteiger partial charge in [-0.25, -0.2) is 0 Å². The van der Waals surface area contributed by atoms with Crippen molar-refractivity contribution < 1.29 is 4.52 Å². The van der Waals surface area contributed by atoms with Crippen molar-refractivity contribution in [3.05, 3.63) is 152 Å². The van der Waals surface area contributed by atoms with Crippen LogP contribution in [0.1, 0.15) is 0 Å². The normalized spacial score (nSPS) is 11.7. The van der Waals surface area contributed by atoms with E-state index in [1.807, 2.05) is 0 Å². The fraction of sp³-hybridized carbons (Fsp3) is 0. The third kappa shape index (κ3) is 4.51. The third-order valence-electron chi connectivity index (χ3n) is 7.10. The van der Waals surface area contributed by atoms with Gasteiger partial charge in [0.25, 0.3) is 0 Å². The molecule has 0 N–H and O–H groups in total. The fourth-order valence-electron chi connectivity index (χ4n) is 5.30. The van der Waals surface area contributed by atoms with Crippen LogP contribution >= 0.6 is 15.3 Å². The molecule has 2 atom stereocenters. The number of hydrogen-bond donors (Lipinski definition) is 0. The summed E-state index contributed by atoms with van der Waals surface area (Å²) in [6, 6.07) is 54.0. The van der Waals surface area contributed by atoms with Crippen LogP contribution in [-0.2, 0) is 0 Å². The van der Waals surface area contributed by atoms with Crippen molar-refractivity contribution in [1.82, 2.24) is 0 Å². The van der Waals surface area contributed by atoms with Gasteiger partial charge in [-0.05, 0) is 51.6 Å². The van der Waals surface area contributed by atoms with Crippen molar-refractivity contribution in [1.29, 1.82) is 0 Å². The predicted octanol–water partition coefficient (Wildman–Crippen LogP) is 11.4. The lowest BCUT2D eigenvalue weighted by molar-refractivity contribution is 0.642. The highest BCUT2D eigenvalue weighted by Gasteiger charge is 2.24. The SMILES string of the molecule is c1ccc(-c2cc(Op3[pH]c4ccccc43)c(-c3ccccc3)c(-c3ccccc3)c2-c2ccccc2)cc1. The van der Waals surface area contributed by atoms with Crippen LogP contribution in [0.25, 0.3) is 54.7 Å². The molecule has 0 amide bonds. The summed E-state index contributed by atoms with van der Waals surface area (Å²) in [5, 5.41) is 2.79. The highest BCUT2D eigenvalue weighted by atomic mass is 31.9. The van der Waals surface area contributed by atoms with E-state index >= 15 is 0 Å². The average Bonchev–Trinajstić information content (AvgIpc) is 3.01. The van der Waals surface area contributed by atoms with Crippen molar-refractivity contribution in [3.63, 3.8) is 0 Å². The first-order chi connectivity index (χ1) is 19.4. The number of hydrogen-bond acceptors (Lipinski definition) is 1. The molecule has 0 saturated carbocycles. The van der Waals surface area contributed by atoms with Crippen LogP contribution in [-0.4, -0.2) is 0 Å². The number of fused-ring (bicyclic) bond motifs is 1. The topological polar surface area (TPSA) is 9.23 Å². The fourth-order valence-corrected chi connectivity index (χ4v) is 9.32. The summed E-state index contributed by atoms with van der Waals surface area (Å²) in [4.78, 5) is 0. The lowest BCUT2D eigenvalue weighted by Crippen LogP contribution is -1.97. The van der Waals surface area contributed by atoms with E-state index in [9.17, 15) is 0 Å². The average molecular weight is 537 g/mol. The summed E-state index contributed by atoms with van der Waals surface area (Å²) in [7, 11) is 0.00685. The van der Waals surface area contributed by atoms with Gasteiger partial charge in [0, 0.05) is 21.4 Å². The third-order valence-corrected chi connectivity index (χ3v) is 11.7. The van der Waals surface area contributed by atoms with E-state index in [0.29, 0.717) is 7.87 Å². The minimum Gasteiger partial charge on any atom is -0.442 e. The molecule has 2 unspecified atom stereocenters. The summed E-state index contributed by atoms with van der Waals surface area (Å²) in [6.07, 6.45) is 0. The molecule has 0 spiro atoms. The van der Waals surface area contributed by atoms with Gasteiger partial charge < -0.3 is 4.52 Å². The monoisotopic (exact) mass is 536 g/mol. The Balaban J connectivity index is 1.61. The van der Waals surface area contributed by atoms with Crippen LogP contribution in [0.5, 0.6) is 5.75 Å². The van der Waals surface area contributed by atoms with Gasteiger partial charge in [0.1, 0.15) is 5.75 Å². The first-order valence-corrected chi connectivity index (χ1v) is 16.2. The summed E-state index contributed by atoms with van der Waals surface area (Å²) in [5.74, 6) is 0.951. The van der Waals surface area contributed by atoms with E-state index in [0.717, 1.165) is 16.9 Å². The maximum atomic E-state index is 7.05. The Morgan fingerprint density at radius 3 is 1.46 bits per heavy atom. The van der Waals surface area contributed by atoms with Crippen LogP contribution in [0.3, 0.4) is 0 Å². The Bertz CT molecular complexity index is 1850. The molecule has 7 aromatic rings. The summed E-state index contributed by atoms with van der Waals surface area (Å²) >= 11 is 0. The molecule has 0 aliphatic carbocycles. The first kappa shape index (κ1) is 23.8. The van der Waals surface area contributed by atoms with Gasteiger partial charge in [-0.15, -0.1) is 0 Å². The maximum absolute atomic E-state index is 7.05. The summed E-state index contributed by atoms with van der Waals surface area (Å²) in [6.45, 7) is 0. The van der Waals surface area contributed by atoms with Gasteiger partial charge in [0.05, 0.1) is 7.44 Å². The van der Waals surface area contributed by atoms with Gasteiger partial charge in [0.2, 0.25) is 0 Å². The smallest absolute Gasteiger partial charge is 0.140 e. The summed E-state index contributed by atoms with van der Waals surface area (Å²) < 4.78 is 7.05. The second-order valence-corrected chi connectivity index (χ2v) is 13.4. The van der Waals surface area contributed by atoms with Gasteiger partial charge in [0.15, 0.2) is 0 Å². The minimum atomic E-state index is -0.695. The molecule has 1 heterocycles. The Morgan fingerprint density at radius 1 is 0.436 bits per heavy atom. The molecule has 0 radical (unpaired) electrons. The van der Waals surface area contributed by atoms with Crippen molar-refractivity contribution in [2.45, 2.75) is 0 Å². The van der Waals surface area contributed by atoms with Gasteiger partial charge in [-0.1, -0.05) is 141 Å². The Hall–Kier alpha value is -4.28. The van der Waals surface area contributed by atoms with Crippen LogP contribution in [0.4, 0.5) is 0 Å². The minimum absolute atomic E-state index is 0.695. The summed E-state index contributed by atoms with van der Waals surface area (Å²) in [5.41, 5.74) is 9.49. The first-order valence-electron chi connectivity index (χ1n) is 13.1. The maximum Gasteiger partial charge on any atom is 0.140 e. The number of benzene rings is 6. The van der Waals surface area contributed by atoms with Gasteiger partial charge >= 0.3 is 0 Å². The standard InChI is InChI=1S/C36H26OP2/c1-5-15-26(16-6-1)30-25-31(37-39-33-24-14-13-23-32(33)38-39)35(28-19-9-3-10-20-28)36(29-21-11-4-12-22-29)34(30)27-17-7-2-8-18-27/h1-25,38H. The van der Waals surface area contributed by atoms with E-state index < -0.39 is 7.44 Å². The number of rotatable bonds is 6. The van der Waals surface area contributed by atoms with Crippen LogP contribution in [0, 0.1) is 0 Å². The molecule has 0 aliphatic rings. The zero-order valence-corrected chi connectivity index (χ0v) is 23.2. The predicted molar refractivity (Wildman–Crippen MR) is 170 cm³/mol. The molecule has 186 valence electrons. The highest BCUT2D eigenvalue weighted by molar-refractivity contribution is 8.06. The highest BCUT2D eigenvalue weighted by Crippen LogP contribution is 2.58. The van der Waals surface area contributed by atoms with Crippen molar-refractivity contribution in [2.24, 2.45) is 0 Å². The van der Waals surface area contributed by atoms with Crippen LogP contribution in [0.2, 0.25) is 0 Å². The Kier molecular flexibility index (Phi) is 6.39. The van der Waals surface area contributed by atoms with E-state index in [2.05, 4.69) is 152 Å². The van der Waals surface area contributed by atoms with Crippen molar-refractivity contribution in [2.75, 3.05) is 0 Å². The molecule has 7 rings (SSSR count). The molecule has 1 aromatic heterocycles. The molecule has 1 nitrogen and oxygen atoms in total. The van der Waals surface area contributed by atoms with Crippen molar-refractivity contribution >= 4 is 25.5 Å². The molecular formula is C36H26OP2. The Labute approximate surface area is 231 Å². The molecule has 6 aromatic carbocycles. The second kappa shape index (κ2) is 10.5. The zero-order chi connectivity index (χ0) is 26.0. The van der Waals surface area contributed by atoms with Gasteiger partial charge in [-0.3, -0.25) is 0 Å². The van der Waals surface area contributed by atoms with E-state index in [4.69, 9.17) is 4.52 Å². The van der Waals surface area contributed by atoms with E-state index in [-0.39, 0.29) is 0 Å². The van der Waals surface area contributed by atoms with E-state index in [1.165, 1.54) is 43.6 Å². The lowest BCUT2D eigenvalue weighted by Gasteiger charge is -2.25. The lowest BCUT2D eigenvalue weighted by atomic mass is 9.82. The molecule has 0 bridgehead atoms. The largest absolute Gasteiger partial charge is 0.442 e. The molecule has 39 heavy (non-hydrogen) atoms. The second-order valence-electron chi connectivity index (χ2n) is 9.53. The van der Waals surface area contributed by atoms with Crippen LogP contribution < -0.4 is 4.52 Å². The zero-order valence-electron chi connectivity index (χ0n) is 21.3. The quantitative estimate of drug-likeness (QED) is 0.205. The molecule has 0 fully saturated rings.